The highest BCUT2D eigenvalue weighted by molar-refractivity contribution is 5.78. The van der Waals surface area contributed by atoms with Gasteiger partial charge in [-0.15, -0.1) is 0 Å². The van der Waals surface area contributed by atoms with E-state index in [1.807, 2.05) is 60.7 Å². The van der Waals surface area contributed by atoms with Gasteiger partial charge in [0.05, 0.1) is 0 Å². The minimum atomic E-state index is -0.786. The van der Waals surface area contributed by atoms with Crippen LogP contribution in [0.4, 0.5) is 8.78 Å². The predicted octanol–water partition coefficient (Wildman–Crippen LogP) is 9.62. The molecular formula is C31H32F2. The van der Waals surface area contributed by atoms with Crippen molar-refractivity contribution < 1.29 is 8.78 Å². The second kappa shape index (κ2) is 10.3. The van der Waals surface area contributed by atoms with Crippen LogP contribution in [0.1, 0.15) is 57.9 Å². The summed E-state index contributed by atoms with van der Waals surface area (Å²) in [5, 5.41) is 0. The quantitative estimate of drug-likeness (QED) is 0.326. The van der Waals surface area contributed by atoms with Gasteiger partial charge in [0.1, 0.15) is 0 Å². The second-order valence-electron chi connectivity index (χ2n) is 9.14. The maximum absolute atomic E-state index is 15.2. The molecule has 170 valence electrons. The molecule has 0 fully saturated rings. The van der Waals surface area contributed by atoms with Crippen molar-refractivity contribution in [3.05, 3.63) is 102 Å². The molecule has 1 aliphatic rings. The Morgan fingerprint density at radius 2 is 1.33 bits per heavy atom. The lowest BCUT2D eigenvalue weighted by atomic mass is 9.72. The van der Waals surface area contributed by atoms with Crippen molar-refractivity contribution in [1.82, 2.24) is 0 Å². The molecule has 1 unspecified atom stereocenters. The molecule has 0 spiro atoms. The lowest BCUT2D eigenvalue weighted by Gasteiger charge is -2.32. The van der Waals surface area contributed by atoms with Crippen molar-refractivity contribution in [1.29, 1.82) is 0 Å². The maximum Gasteiger partial charge on any atom is 0.167 e. The van der Waals surface area contributed by atoms with Crippen molar-refractivity contribution >= 4 is 5.57 Å². The van der Waals surface area contributed by atoms with E-state index >= 15 is 8.78 Å². The topological polar surface area (TPSA) is 0 Å². The Kier molecular flexibility index (Phi) is 7.23. The van der Waals surface area contributed by atoms with Crippen LogP contribution in [0, 0.1) is 17.0 Å². The number of benzene rings is 3. The standard InChI is InChI=1S/C31H32F2/c1-3-5-20-31(19-4-2)21-17-26(18-22-31)28-16-15-27(29(32)30(28)33)25-13-11-24(12-14-25)23-9-7-6-8-10-23/h6-18,21H,3-5,19-20,22H2,1-2H3. The zero-order valence-corrected chi connectivity index (χ0v) is 19.6. The molecule has 1 aliphatic carbocycles. The van der Waals surface area contributed by atoms with E-state index in [1.54, 1.807) is 12.1 Å². The van der Waals surface area contributed by atoms with Crippen LogP contribution in [0.25, 0.3) is 27.8 Å². The first-order valence-corrected chi connectivity index (χ1v) is 12.1. The van der Waals surface area contributed by atoms with Crippen LogP contribution < -0.4 is 0 Å². The molecule has 0 heterocycles. The van der Waals surface area contributed by atoms with E-state index in [0.717, 1.165) is 42.4 Å². The Balaban J connectivity index is 1.58. The molecule has 2 heteroatoms. The molecule has 1 atom stereocenters. The van der Waals surface area contributed by atoms with Crippen molar-refractivity contribution in [3.63, 3.8) is 0 Å². The average Bonchev–Trinajstić information content (AvgIpc) is 2.86. The molecule has 0 aliphatic heterocycles. The van der Waals surface area contributed by atoms with E-state index in [9.17, 15) is 0 Å². The van der Waals surface area contributed by atoms with Gasteiger partial charge in [0.15, 0.2) is 11.6 Å². The van der Waals surface area contributed by atoms with E-state index in [4.69, 9.17) is 0 Å². The third kappa shape index (κ3) is 5.00. The van der Waals surface area contributed by atoms with Crippen molar-refractivity contribution in [2.24, 2.45) is 5.41 Å². The third-order valence-corrected chi connectivity index (χ3v) is 6.82. The van der Waals surface area contributed by atoms with E-state index in [-0.39, 0.29) is 5.41 Å². The van der Waals surface area contributed by atoms with Crippen LogP contribution in [0.3, 0.4) is 0 Å². The average molecular weight is 443 g/mol. The van der Waals surface area contributed by atoms with Gasteiger partial charge in [-0.1, -0.05) is 118 Å². The van der Waals surface area contributed by atoms with Crippen molar-refractivity contribution in [2.45, 2.75) is 52.4 Å². The number of hydrogen-bond donors (Lipinski definition) is 0. The fourth-order valence-electron chi connectivity index (χ4n) is 4.91. The summed E-state index contributed by atoms with van der Waals surface area (Å²) in [4.78, 5) is 0. The molecule has 0 N–H and O–H groups in total. The highest BCUT2D eigenvalue weighted by Gasteiger charge is 2.28. The van der Waals surface area contributed by atoms with Gasteiger partial charge in [-0.3, -0.25) is 0 Å². The number of halogens is 2. The molecule has 0 aromatic heterocycles. The van der Waals surface area contributed by atoms with Crippen LogP contribution in [-0.4, -0.2) is 0 Å². The molecule has 0 nitrogen and oxygen atoms in total. The fraction of sp³-hybridized carbons (Fsp3) is 0.290. The molecule has 33 heavy (non-hydrogen) atoms. The van der Waals surface area contributed by atoms with E-state index in [1.165, 1.54) is 12.8 Å². The summed E-state index contributed by atoms with van der Waals surface area (Å²) < 4.78 is 30.3. The molecule has 0 saturated heterocycles. The lowest BCUT2D eigenvalue weighted by molar-refractivity contribution is 0.311. The van der Waals surface area contributed by atoms with Crippen molar-refractivity contribution in [3.8, 4) is 22.3 Å². The summed E-state index contributed by atoms with van der Waals surface area (Å²) in [6.45, 7) is 4.42. The summed E-state index contributed by atoms with van der Waals surface area (Å²) >= 11 is 0. The van der Waals surface area contributed by atoms with E-state index in [2.05, 4.69) is 26.0 Å². The Bertz CT molecular complexity index is 1140. The van der Waals surface area contributed by atoms with Crippen LogP contribution in [-0.2, 0) is 0 Å². The van der Waals surface area contributed by atoms with Gasteiger partial charge >= 0.3 is 0 Å². The Morgan fingerprint density at radius 1 is 0.697 bits per heavy atom. The van der Waals surface area contributed by atoms with Crippen LogP contribution in [0.5, 0.6) is 0 Å². The van der Waals surface area contributed by atoms with Gasteiger partial charge in [-0.05, 0) is 46.9 Å². The van der Waals surface area contributed by atoms with Crippen molar-refractivity contribution in [2.75, 3.05) is 0 Å². The highest BCUT2D eigenvalue weighted by Crippen LogP contribution is 2.42. The van der Waals surface area contributed by atoms with Gasteiger partial charge < -0.3 is 0 Å². The SMILES string of the molecule is CCCCC1(CCC)C=CC(c2ccc(-c3ccc(-c4ccccc4)cc3)c(F)c2F)=CC1. The van der Waals surface area contributed by atoms with Crippen LogP contribution in [0.15, 0.2) is 85.0 Å². The summed E-state index contributed by atoms with van der Waals surface area (Å²) in [6.07, 6.45) is 13.0. The first-order valence-electron chi connectivity index (χ1n) is 12.1. The van der Waals surface area contributed by atoms with Crippen LogP contribution in [0.2, 0.25) is 0 Å². The molecular weight excluding hydrogens is 410 g/mol. The molecule has 4 rings (SSSR count). The molecule has 0 amide bonds. The fourth-order valence-corrected chi connectivity index (χ4v) is 4.91. The Labute approximate surface area is 196 Å². The minimum absolute atomic E-state index is 0.156. The Hall–Kier alpha value is -3.00. The smallest absolute Gasteiger partial charge is 0.167 e. The molecule has 0 radical (unpaired) electrons. The summed E-state index contributed by atoms with van der Waals surface area (Å²) in [5.74, 6) is -1.56. The first kappa shape index (κ1) is 23.2. The van der Waals surface area contributed by atoms with Gasteiger partial charge in [0.25, 0.3) is 0 Å². The molecule has 0 bridgehead atoms. The summed E-state index contributed by atoms with van der Waals surface area (Å²) in [5.41, 5.74) is 4.39. The maximum atomic E-state index is 15.2. The molecule has 0 saturated carbocycles. The van der Waals surface area contributed by atoms with Gasteiger partial charge in [0.2, 0.25) is 0 Å². The number of unbranched alkanes of at least 4 members (excludes halogenated alkanes) is 1. The number of allylic oxidation sites excluding steroid dienone is 4. The number of rotatable bonds is 8. The minimum Gasteiger partial charge on any atom is -0.203 e. The third-order valence-electron chi connectivity index (χ3n) is 6.82. The highest BCUT2D eigenvalue weighted by atomic mass is 19.2. The zero-order valence-electron chi connectivity index (χ0n) is 19.6. The largest absolute Gasteiger partial charge is 0.203 e. The molecule has 3 aromatic rings. The van der Waals surface area contributed by atoms with Gasteiger partial charge in [0, 0.05) is 11.1 Å². The second-order valence-corrected chi connectivity index (χ2v) is 9.14. The normalized spacial score (nSPS) is 17.8. The monoisotopic (exact) mass is 442 g/mol. The van der Waals surface area contributed by atoms with E-state index < -0.39 is 11.6 Å². The van der Waals surface area contributed by atoms with Gasteiger partial charge in [-0.25, -0.2) is 8.78 Å². The summed E-state index contributed by atoms with van der Waals surface area (Å²) in [7, 11) is 0. The zero-order chi connectivity index (χ0) is 23.3. The Morgan fingerprint density at radius 3 is 1.97 bits per heavy atom. The predicted molar refractivity (Wildman–Crippen MR) is 136 cm³/mol. The summed E-state index contributed by atoms with van der Waals surface area (Å²) in [6, 6.07) is 21.0. The van der Waals surface area contributed by atoms with Crippen LogP contribution >= 0.6 is 0 Å². The van der Waals surface area contributed by atoms with Gasteiger partial charge in [-0.2, -0.15) is 0 Å². The van der Waals surface area contributed by atoms with E-state index in [0.29, 0.717) is 16.7 Å². The lowest BCUT2D eigenvalue weighted by Crippen LogP contribution is -2.19. The number of hydrogen-bond acceptors (Lipinski definition) is 0. The first-order chi connectivity index (χ1) is 16.1. The molecule has 3 aromatic carbocycles.